The molecule has 1 saturated carbocycles. The number of fused-ring (bicyclic) bond motifs is 6. The Morgan fingerprint density at radius 1 is 1.06 bits per heavy atom. The number of piperidine rings is 1. The number of rotatable bonds is 4. The van der Waals surface area contributed by atoms with E-state index in [9.17, 15) is 14.7 Å². The van der Waals surface area contributed by atoms with Crippen molar-refractivity contribution in [2.45, 2.75) is 78.0 Å². The van der Waals surface area contributed by atoms with Gasteiger partial charge in [0.25, 0.3) is 5.56 Å². The zero-order chi connectivity index (χ0) is 25.4. The van der Waals surface area contributed by atoms with Crippen molar-refractivity contribution >= 4 is 0 Å². The van der Waals surface area contributed by atoms with Crippen molar-refractivity contribution in [2.24, 2.45) is 23.8 Å². The lowest BCUT2D eigenvalue weighted by Gasteiger charge is -2.43. The molecule has 0 amide bonds. The van der Waals surface area contributed by atoms with Gasteiger partial charge in [-0.2, -0.15) is 0 Å². The minimum Gasteiger partial charge on any atom is -0.503 e. The Morgan fingerprint density at radius 2 is 1.86 bits per heavy atom. The molecule has 7 heteroatoms. The lowest BCUT2D eigenvalue weighted by molar-refractivity contribution is 0.111. The molecule has 36 heavy (non-hydrogen) atoms. The standard InChI is InChI=1S/C29H40N4O3/c1-28(2)10-22-11-29(3,17-28)18-32(22)16-24-27(36)25(34)9-21(30(24)4)15-31-12-19-8-20(14-31)23-6-5-7-26(35)33(23)13-19/h5-7,9,19-20,22,36H,8,10-18H2,1-4H3/t19-,20+,22-,29-/m1/s1. The van der Waals surface area contributed by atoms with Crippen molar-refractivity contribution in [1.82, 2.24) is 18.9 Å². The molecule has 6 rings (SSSR count). The molecular formula is C29H40N4O3. The molecular weight excluding hydrogens is 452 g/mol. The second kappa shape index (κ2) is 8.32. The Labute approximate surface area is 213 Å². The molecule has 7 nitrogen and oxygen atoms in total. The summed E-state index contributed by atoms with van der Waals surface area (Å²) in [7, 11) is 2.00. The molecule has 3 aliphatic heterocycles. The first-order valence-corrected chi connectivity index (χ1v) is 13.6. The molecule has 2 aromatic heterocycles. The largest absolute Gasteiger partial charge is 0.503 e. The highest BCUT2D eigenvalue weighted by Gasteiger charge is 2.49. The average Bonchev–Trinajstić information content (AvgIpc) is 3.03. The van der Waals surface area contributed by atoms with Crippen LogP contribution in [-0.2, 0) is 26.7 Å². The normalized spacial score (nSPS) is 31.4. The number of likely N-dealkylation sites (tertiary alicyclic amines) is 2. The predicted octanol–water partition coefficient (Wildman–Crippen LogP) is 3.27. The van der Waals surface area contributed by atoms with Crippen LogP contribution in [0, 0.1) is 16.7 Å². The average molecular weight is 493 g/mol. The number of hydrogen-bond acceptors (Lipinski definition) is 5. The monoisotopic (exact) mass is 492 g/mol. The maximum Gasteiger partial charge on any atom is 0.250 e. The Balaban J connectivity index is 1.24. The molecule has 194 valence electrons. The predicted molar refractivity (Wildman–Crippen MR) is 140 cm³/mol. The first kappa shape index (κ1) is 24.0. The molecule has 0 radical (unpaired) electrons. The fourth-order valence-electron chi connectivity index (χ4n) is 8.43. The molecule has 4 aliphatic rings. The molecule has 4 bridgehead atoms. The van der Waals surface area contributed by atoms with Gasteiger partial charge in [-0.15, -0.1) is 0 Å². The maximum absolute atomic E-state index is 12.9. The number of pyridine rings is 2. The van der Waals surface area contributed by atoms with Gasteiger partial charge in [-0.3, -0.25) is 19.4 Å². The van der Waals surface area contributed by atoms with Crippen LogP contribution in [0.5, 0.6) is 5.75 Å². The van der Waals surface area contributed by atoms with Crippen LogP contribution in [0.2, 0.25) is 0 Å². The zero-order valence-electron chi connectivity index (χ0n) is 22.2. The van der Waals surface area contributed by atoms with Crippen LogP contribution in [0.15, 0.2) is 33.9 Å². The van der Waals surface area contributed by atoms with E-state index in [1.807, 2.05) is 17.7 Å². The summed E-state index contributed by atoms with van der Waals surface area (Å²) in [6, 6.07) is 7.74. The second-order valence-corrected chi connectivity index (χ2v) is 13.4. The van der Waals surface area contributed by atoms with E-state index in [-0.39, 0.29) is 16.7 Å². The summed E-state index contributed by atoms with van der Waals surface area (Å²) in [4.78, 5) is 30.2. The van der Waals surface area contributed by atoms with Crippen LogP contribution in [0.4, 0.5) is 0 Å². The molecule has 0 aromatic carbocycles. The molecule has 0 unspecified atom stereocenters. The second-order valence-electron chi connectivity index (χ2n) is 13.4. The number of hydrogen-bond donors (Lipinski definition) is 1. The summed E-state index contributed by atoms with van der Waals surface area (Å²) in [6.07, 6.45) is 4.71. The van der Waals surface area contributed by atoms with Gasteiger partial charge in [0.05, 0.1) is 5.69 Å². The van der Waals surface area contributed by atoms with E-state index >= 15 is 0 Å². The van der Waals surface area contributed by atoms with E-state index in [0.717, 1.165) is 56.1 Å². The molecule has 2 aromatic rings. The van der Waals surface area contributed by atoms with Gasteiger partial charge < -0.3 is 14.2 Å². The molecule has 4 atom stereocenters. The summed E-state index contributed by atoms with van der Waals surface area (Å²) >= 11 is 0. The highest BCUT2D eigenvalue weighted by atomic mass is 16.3. The molecule has 5 heterocycles. The van der Waals surface area contributed by atoms with Crippen molar-refractivity contribution in [1.29, 1.82) is 0 Å². The molecule has 0 spiro atoms. The van der Waals surface area contributed by atoms with Crippen molar-refractivity contribution in [3.8, 4) is 5.75 Å². The van der Waals surface area contributed by atoms with E-state index in [0.29, 0.717) is 41.8 Å². The Morgan fingerprint density at radius 3 is 2.67 bits per heavy atom. The van der Waals surface area contributed by atoms with Gasteiger partial charge in [0, 0.05) is 81.8 Å². The summed E-state index contributed by atoms with van der Waals surface area (Å²) in [5.41, 5.74) is 3.29. The molecule has 1 N–H and O–H groups in total. The van der Waals surface area contributed by atoms with E-state index in [2.05, 4.69) is 41.2 Å². The summed E-state index contributed by atoms with van der Waals surface area (Å²) in [5, 5.41) is 10.8. The first-order chi connectivity index (χ1) is 17.0. The van der Waals surface area contributed by atoms with Crippen LogP contribution in [0.3, 0.4) is 0 Å². The van der Waals surface area contributed by atoms with E-state index < -0.39 is 0 Å². The summed E-state index contributed by atoms with van der Waals surface area (Å²) < 4.78 is 4.02. The van der Waals surface area contributed by atoms with Crippen LogP contribution in [0.25, 0.3) is 0 Å². The highest BCUT2D eigenvalue weighted by molar-refractivity contribution is 5.30. The van der Waals surface area contributed by atoms with Gasteiger partial charge in [0.1, 0.15) is 0 Å². The molecule has 3 fully saturated rings. The van der Waals surface area contributed by atoms with Crippen molar-refractivity contribution in [3.05, 3.63) is 61.9 Å². The van der Waals surface area contributed by atoms with Gasteiger partial charge in [-0.1, -0.05) is 26.8 Å². The summed E-state index contributed by atoms with van der Waals surface area (Å²) in [6.45, 7) is 12.0. The van der Waals surface area contributed by atoms with Crippen LogP contribution in [0.1, 0.15) is 69.5 Å². The molecule has 2 saturated heterocycles. The topological polar surface area (TPSA) is 70.7 Å². The van der Waals surface area contributed by atoms with Crippen molar-refractivity contribution in [2.75, 3.05) is 19.6 Å². The Kier molecular flexibility index (Phi) is 5.54. The minimum absolute atomic E-state index is 0.101. The third-order valence-electron chi connectivity index (χ3n) is 9.46. The minimum atomic E-state index is -0.277. The van der Waals surface area contributed by atoms with Crippen LogP contribution >= 0.6 is 0 Å². The lowest BCUT2D eigenvalue weighted by atomic mass is 9.65. The number of aromatic hydroxyl groups is 1. The fourth-order valence-corrected chi connectivity index (χ4v) is 8.43. The van der Waals surface area contributed by atoms with Crippen molar-refractivity contribution in [3.63, 3.8) is 0 Å². The number of nitrogens with zero attached hydrogens (tertiary/aromatic N) is 4. The van der Waals surface area contributed by atoms with Gasteiger partial charge in [-0.25, -0.2) is 0 Å². The van der Waals surface area contributed by atoms with Gasteiger partial charge in [0.15, 0.2) is 5.75 Å². The van der Waals surface area contributed by atoms with Crippen LogP contribution in [-0.4, -0.2) is 49.7 Å². The third-order valence-corrected chi connectivity index (χ3v) is 9.46. The lowest BCUT2D eigenvalue weighted by Crippen LogP contribution is -2.47. The summed E-state index contributed by atoms with van der Waals surface area (Å²) in [5.74, 6) is 0.682. The van der Waals surface area contributed by atoms with Crippen molar-refractivity contribution < 1.29 is 5.11 Å². The van der Waals surface area contributed by atoms with Gasteiger partial charge in [0.2, 0.25) is 5.43 Å². The van der Waals surface area contributed by atoms with E-state index in [1.165, 1.54) is 12.8 Å². The number of aromatic nitrogens is 2. The quantitative estimate of drug-likeness (QED) is 0.710. The van der Waals surface area contributed by atoms with E-state index in [4.69, 9.17) is 0 Å². The third kappa shape index (κ3) is 4.14. The van der Waals surface area contributed by atoms with Gasteiger partial charge >= 0.3 is 0 Å². The van der Waals surface area contributed by atoms with Gasteiger partial charge in [-0.05, 0) is 48.5 Å². The Hall–Kier alpha value is -2.38. The maximum atomic E-state index is 12.9. The van der Waals surface area contributed by atoms with Crippen LogP contribution < -0.4 is 11.0 Å². The van der Waals surface area contributed by atoms with E-state index in [1.54, 1.807) is 12.1 Å². The SMILES string of the molecule is Cn1c(CN2C[C@H]3C[C@@H](C2)c2cccc(=O)n2C3)cc(=O)c(O)c1CN1C[C@]2(C)C[C@H]1CC(C)(C)C2. The Bertz CT molecular complexity index is 1310. The zero-order valence-corrected chi connectivity index (χ0v) is 22.2. The smallest absolute Gasteiger partial charge is 0.250 e. The highest BCUT2D eigenvalue weighted by Crippen LogP contribution is 2.52. The first-order valence-electron chi connectivity index (χ1n) is 13.6. The molecule has 1 aliphatic carbocycles. The fraction of sp³-hybridized carbons (Fsp3) is 0.655.